The van der Waals surface area contributed by atoms with E-state index in [1.165, 1.54) is 11.1 Å². The number of nitrogens with zero attached hydrogens (tertiary/aromatic N) is 2. The zero-order valence-corrected chi connectivity index (χ0v) is 18.5. The maximum Gasteiger partial charge on any atom is 0.250 e. The van der Waals surface area contributed by atoms with Crippen LogP contribution < -0.4 is 5.56 Å². The smallest absolute Gasteiger partial charge is 0.250 e. The SMILES string of the molecule is C.Cc1ccccc1C(C/C(=N\O)c1ccc(=O)n(C2CCC2)c1)c1ccc(Br)cc1. The quantitative estimate of drug-likeness (QED) is 0.243. The summed E-state index contributed by atoms with van der Waals surface area (Å²) >= 11 is 3.51. The minimum absolute atomic E-state index is 0. The van der Waals surface area contributed by atoms with Gasteiger partial charge in [0, 0.05) is 40.7 Å². The third-order valence-electron chi connectivity index (χ3n) is 6.09. The van der Waals surface area contributed by atoms with E-state index in [1.807, 2.05) is 30.5 Å². The van der Waals surface area contributed by atoms with Crippen LogP contribution in [0, 0.1) is 6.92 Å². The summed E-state index contributed by atoms with van der Waals surface area (Å²) in [5.74, 6) is 0.0364. The van der Waals surface area contributed by atoms with Gasteiger partial charge < -0.3 is 9.77 Å². The maximum atomic E-state index is 12.3. The molecule has 4 rings (SSSR count). The Morgan fingerprint density at radius 1 is 1.13 bits per heavy atom. The third-order valence-corrected chi connectivity index (χ3v) is 6.62. The molecule has 0 amide bonds. The molecular formula is C26H29BrN2O2. The van der Waals surface area contributed by atoms with Crippen molar-refractivity contribution in [3.05, 3.63) is 104 Å². The normalized spacial score (nSPS) is 15.1. The lowest BCUT2D eigenvalue weighted by Crippen LogP contribution is -2.29. The highest BCUT2D eigenvalue weighted by Crippen LogP contribution is 2.33. The predicted molar refractivity (Wildman–Crippen MR) is 130 cm³/mol. The Morgan fingerprint density at radius 3 is 2.45 bits per heavy atom. The lowest BCUT2D eigenvalue weighted by molar-refractivity contribution is 0.305. The molecular weight excluding hydrogens is 452 g/mol. The van der Waals surface area contributed by atoms with E-state index in [4.69, 9.17) is 0 Å². The molecule has 4 nitrogen and oxygen atoms in total. The van der Waals surface area contributed by atoms with Crippen molar-refractivity contribution in [2.45, 2.75) is 52.0 Å². The van der Waals surface area contributed by atoms with Crippen LogP contribution in [0.4, 0.5) is 0 Å². The van der Waals surface area contributed by atoms with Crippen molar-refractivity contribution in [3.8, 4) is 0 Å². The summed E-state index contributed by atoms with van der Waals surface area (Å²) in [5, 5.41) is 13.6. The highest BCUT2D eigenvalue weighted by atomic mass is 79.9. The molecule has 0 aliphatic heterocycles. The summed E-state index contributed by atoms with van der Waals surface area (Å²) < 4.78 is 2.82. The van der Waals surface area contributed by atoms with Crippen LogP contribution in [0.3, 0.4) is 0 Å². The molecule has 2 aromatic carbocycles. The van der Waals surface area contributed by atoms with E-state index in [2.05, 4.69) is 52.3 Å². The maximum absolute atomic E-state index is 12.3. The van der Waals surface area contributed by atoms with E-state index < -0.39 is 0 Å². The van der Waals surface area contributed by atoms with Crippen molar-refractivity contribution in [2.24, 2.45) is 5.16 Å². The second-order valence-electron chi connectivity index (χ2n) is 7.96. The van der Waals surface area contributed by atoms with E-state index in [0.717, 1.165) is 34.9 Å². The van der Waals surface area contributed by atoms with Crippen molar-refractivity contribution in [2.75, 3.05) is 0 Å². The van der Waals surface area contributed by atoms with Crippen LogP contribution in [-0.4, -0.2) is 15.5 Å². The van der Waals surface area contributed by atoms with Gasteiger partial charge in [-0.1, -0.05) is 64.9 Å². The second kappa shape index (κ2) is 10.1. The monoisotopic (exact) mass is 480 g/mol. The first-order valence-electron chi connectivity index (χ1n) is 10.3. The minimum atomic E-state index is 0. The molecule has 1 unspecified atom stereocenters. The number of oxime groups is 1. The van der Waals surface area contributed by atoms with Crippen LogP contribution >= 0.6 is 15.9 Å². The average molecular weight is 481 g/mol. The number of hydrogen-bond donors (Lipinski definition) is 1. The van der Waals surface area contributed by atoms with Gasteiger partial charge >= 0.3 is 0 Å². The van der Waals surface area contributed by atoms with Crippen LogP contribution in [0.1, 0.15) is 67.3 Å². The van der Waals surface area contributed by atoms with Crippen molar-refractivity contribution in [3.63, 3.8) is 0 Å². The molecule has 3 aromatic rings. The Balaban J connectivity index is 0.00000272. The molecule has 1 aliphatic carbocycles. The molecule has 0 bridgehead atoms. The van der Waals surface area contributed by atoms with E-state index in [1.54, 1.807) is 16.7 Å². The molecule has 1 atom stereocenters. The first kappa shape index (κ1) is 23.0. The largest absolute Gasteiger partial charge is 0.411 e. The molecule has 5 heteroatoms. The Bertz CT molecular complexity index is 1110. The predicted octanol–water partition coefficient (Wildman–Crippen LogP) is 6.68. The molecule has 0 radical (unpaired) electrons. The Labute approximate surface area is 192 Å². The number of halogens is 1. The Morgan fingerprint density at radius 2 is 1.84 bits per heavy atom. The van der Waals surface area contributed by atoms with Gasteiger partial charge in [0.25, 0.3) is 5.56 Å². The summed E-state index contributed by atoms with van der Waals surface area (Å²) in [6.07, 6.45) is 5.60. The van der Waals surface area contributed by atoms with Gasteiger partial charge in [-0.3, -0.25) is 4.79 Å². The van der Waals surface area contributed by atoms with Gasteiger partial charge in [-0.2, -0.15) is 0 Å². The van der Waals surface area contributed by atoms with E-state index in [-0.39, 0.29) is 24.9 Å². The molecule has 162 valence electrons. The van der Waals surface area contributed by atoms with Crippen molar-refractivity contribution in [1.29, 1.82) is 0 Å². The first-order valence-corrected chi connectivity index (χ1v) is 11.1. The molecule has 0 saturated heterocycles. The van der Waals surface area contributed by atoms with Crippen molar-refractivity contribution in [1.82, 2.24) is 4.57 Å². The molecule has 1 N–H and O–H groups in total. The lowest BCUT2D eigenvalue weighted by atomic mass is 9.83. The van der Waals surface area contributed by atoms with Crippen molar-refractivity contribution < 1.29 is 5.21 Å². The number of rotatable bonds is 6. The fourth-order valence-electron chi connectivity index (χ4n) is 4.11. The summed E-state index contributed by atoms with van der Waals surface area (Å²) in [6, 6.07) is 20.2. The zero-order valence-electron chi connectivity index (χ0n) is 17.0. The minimum Gasteiger partial charge on any atom is -0.411 e. The zero-order chi connectivity index (χ0) is 21.1. The van der Waals surface area contributed by atoms with E-state index >= 15 is 0 Å². The van der Waals surface area contributed by atoms with Gasteiger partial charge in [0.2, 0.25) is 0 Å². The summed E-state index contributed by atoms with van der Waals surface area (Å²) in [4.78, 5) is 12.3. The molecule has 0 spiro atoms. The van der Waals surface area contributed by atoms with Crippen LogP contribution in [0.25, 0.3) is 0 Å². The summed E-state index contributed by atoms with van der Waals surface area (Å²) in [5.41, 5.74) is 4.93. The number of benzene rings is 2. The van der Waals surface area contributed by atoms with Gasteiger partial charge in [0.05, 0.1) is 5.71 Å². The van der Waals surface area contributed by atoms with Gasteiger partial charge in [-0.25, -0.2) is 0 Å². The number of aromatic nitrogens is 1. The standard InChI is InChI=1S/C25H25BrN2O2.CH4/c1-17-5-2-3-8-22(17)23(18-9-12-20(26)13-10-18)15-24(27-30)19-11-14-25(29)28(16-19)21-6-4-7-21;/h2-3,5,8-14,16,21,23,30H,4,6-7,15H2,1H3;1H4/b27-24+;. The topological polar surface area (TPSA) is 54.6 Å². The fourth-order valence-corrected chi connectivity index (χ4v) is 4.38. The second-order valence-corrected chi connectivity index (χ2v) is 8.88. The molecule has 1 aromatic heterocycles. The third kappa shape index (κ3) is 4.99. The van der Waals surface area contributed by atoms with Crippen LogP contribution in [0.15, 0.2) is 81.3 Å². The lowest BCUT2D eigenvalue weighted by Gasteiger charge is -2.28. The molecule has 1 aliphatic rings. The molecule has 1 heterocycles. The van der Waals surface area contributed by atoms with Gasteiger partial charge in [0.15, 0.2) is 0 Å². The first-order chi connectivity index (χ1) is 14.6. The van der Waals surface area contributed by atoms with Crippen LogP contribution in [-0.2, 0) is 0 Å². The van der Waals surface area contributed by atoms with Gasteiger partial charge in [0.1, 0.15) is 0 Å². The van der Waals surface area contributed by atoms with Gasteiger partial charge in [-0.05, 0) is 61.1 Å². The molecule has 31 heavy (non-hydrogen) atoms. The molecule has 1 fully saturated rings. The summed E-state index contributed by atoms with van der Waals surface area (Å²) in [7, 11) is 0. The fraction of sp³-hybridized carbons (Fsp3) is 0.308. The number of pyridine rings is 1. The van der Waals surface area contributed by atoms with E-state index in [0.29, 0.717) is 12.1 Å². The highest BCUT2D eigenvalue weighted by Gasteiger charge is 2.23. The molecule has 1 saturated carbocycles. The number of hydrogen-bond acceptors (Lipinski definition) is 3. The van der Waals surface area contributed by atoms with Crippen LogP contribution in [0.2, 0.25) is 0 Å². The van der Waals surface area contributed by atoms with Gasteiger partial charge in [-0.15, -0.1) is 0 Å². The van der Waals surface area contributed by atoms with Crippen molar-refractivity contribution >= 4 is 21.6 Å². The Hall–Kier alpha value is -2.66. The number of aryl methyl sites for hydroxylation is 1. The van der Waals surface area contributed by atoms with Crippen LogP contribution in [0.5, 0.6) is 0 Å². The van der Waals surface area contributed by atoms with E-state index in [9.17, 15) is 10.0 Å². The highest BCUT2D eigenvalue weighted by molar-refractivity contribution is 9.10. The average Bonchev–Trinajstić information content (AvgIpc) is 2.71. The Kier molecular flexibility index (Phi) is 7.50. The summed E-state index contributed by atoms with van der Waals surface area (Å²) in [6.45, 7) is 2.10.